The number of carbonyl (C=O) groups is 3. The molecule has 3 atom stereocenters. The van der Waals surface area contributed by atoms with Crippen LogP contribution in [-0.4, -0.2) is 64.9 Å². The van der Waals surface area contributed by atoms with Crippen molar-refractivity contribution < 1.29 is 47.8 Å². The highest BCUT2D eigenvalue weighted by molar-refractivity contribution is 7.47. The monoisotopic (exact) mass is 832 g/mol. The molecule has 11 nitrogen and oxygen atoms in total. The van der Waals surface area contributed by atoms with Crippen molar-refractivity contribution in [3.05, 3.63) is 97.2 Å². The van der Waals surface area contributed by atoms with E-state index in [0.29, 0.717) is 19.3 Å². The zero-order valence-corrected chi connectivity index (χ0v) is 36.2. The van der Waals surface area contributed by atoms with Crippen molar-refractivity contribution in [2.24, 2.45) is 0 Å². The standard InChI is InChI=1S/C46H74NO10P/c1-3-5-7-9-11-13-15-17-19-20-21-22-24-25-27-29-31-33-35-37-44(49)47-43(46(51)52)41-57-58(53,54)56-40-42(48)39-55-45(50)38-36-34-32-30-28-26-23-18-16-14-12-10-8-6-4-2/h5,7,11-14,17-19,21-23,25,27,31,33,42-43,48H,3-4,6,8-10,15-16,20,24,26,28-30,32,34-41H2,1-2H3,(H,47,49)(H,51,52)(H,53,54)/b7-5-,13-11-,14-12-,19-17-,22-21-,23-18-,27-25-,33-31-. The summed E-state index contributed by atoms with van der Waals surface area (Å²) in [5, 5.41) is 21.7. The molecule has 0 spiro atoms. The van der Waals surface area contributed by atoms with Gasteiger partial charge in [0.05, 0.1) is 13.2 Å². The number of ether oxygens (including phenoxy) is 1. The van der Waals surface area contributed by atoms with Crippen LogP contribution < -0.4 is 5.32 Å². The lowest BCUT2D eigenvalue weighted by Crippen LogP contribution is -2.43. The number of phosphoric ester groups is 1. The van der Waals surface area contributed by atoms with E-state index in [4.69, 9.17) is 13.8 Å². The fraction of sp³-hybridized carbons (Fsp3) is 0.587. The minimum absolute atomic E-state index is 0.0136. The molecule has 1 amide bonds. The molecule has 0 radical (unpaired) electrons. The Morgan fingerprint density at radius 1 is 0.569 bits per heavy atom. The fourth-order valence-corrected chi connectivity index (χ4v) is 5.84. The first-order valence-corrected chi connectivity index (χ1v) is 22.8. The SMILES string of the molecule is CC/C=C\C/C=C\C/C=C\C/C=C\C/C=C\C/C=C\CCC(=O)NC(COP(=O)(O)OCC(O)COC(=O)CCCCCCC/C=C\C/C=C\CCCCC)C(=O)O. The highest BCUT2D eigenvalue weighted by Gasteiger charge is 2.28. The number of esters is 1. The maximum atomic E-state index is 12.3. The molecule has 12 heteroatoms. The highest BCUT2D eigenvalue weighted by atomic mass is 31.2. The third-order valence-electron chi connectivity index (χ3n) is 8.37. The molecule has 0 aliphatic rings. The number of aliphatic carboxylic acids is 1. The van der Waals surface area contributed by atoms with Crippen LogP contribution in [0.2, 0.25) is 0 Å². The van der Waals surface area contributed by atoms with Crippen LogP contribution in [0.15, 0.2) is 97.2 Å². The molecule has 0 saturated carbocycles. The Bertz CT molecular complexity index is 1350. The Hall–Kier alpha value is -3.60. The van der Waals surface area contributed by atoms with Crippen molar-refractivity contribution in [1.29, 1.82) is 0 Å². The van der Waals surface area contributed by atoms with Gasteiger partial charge in [-0.05, 0) is 83.5 Å². The molecule has 58 heavy (non-hydrogen) atoms. The number of rotatable bonds is 38. The second-order valence-electron chi connectivity index (χ2n) is 13.8. The van der Waals surface area contributed by atoms with E-state index in [0.717, 1.165) is 77.0 Å². The Kier molecular flexibility index (Phi) is 37.7. The maximum Gasteiger partial charge on any atom is 0.472 e. The van der Waals surface area contributed by atoms with E-state index in [1.807, 2.05) is 18.2 Å². The third-order valence-corrected chi connectivity index (χ3v) is 9.32. The molecule has 0 fully saturated rings. The molecule has 0 bridgehead atoms. The number of carboxylic acid groups (broad SMARTS) is 1. The van der Waals surface area contributed by atoms with Crippen molar-refractivity contribution >= 4 is 25.7 Å². The smallest absolute Gasteiger partial charge is 0.472 e. The number of hydrogen-bond donors (Lipinski definition) is 4. The molecule has 328 valence electrons. The van der Waals surface area contributed by atoms with Crippen LogP contribution in [0.25, 0.3) is 0 Å². The number of nitrogens with one attached hydrogen (secondary N) is 1. The number of phosphoric acid groups is 1. The number of hydrogen-bond acceptors (Lipinski definition) is 8. The van der Waals surface area contributed by atoms with E-state index in [1.54, 1.807) is 0 Å². The van der Waals surface area contributed by atoms with E-state index in [2.05, 4.69) is 98.2 Å². The van der Waals surface area contributed by atoms with Gasteiger partial charge in [0.15, 0.2) is 6.04 Å². The molecule has 0 aromatic heterocycles. The van der Waals surface area contributed by atoms with Gasteiger partial charge in [-0.2, -0.15) is 0 Å². The van der Waals surface area contributed by atoms with E-state index < -0.39 is 57.6 Å². The van der Waals surface area contributed by atoms with Crippen LogP contribution in [0, 0.1) is 0 Å². The van der Waals surface area contributed by atoms with Gasteiger partial charge in [0.25, 0.3) is 0 Å². The predicted octanol–water partition coefficient (Wildman–Crippen LogP) is 10.9. The molecule has 0 saturated heterocycles. The molecular formula is C46H74NO10P. The first kappa shape index (κ1) is 54.4. The molecule has 0 aromatic rings. The molecule has 0 heterocycles. The number of allylic oxidation sites excluding steroid dienone is 16. The van der Waals surface area contributed by atoms with Crippen LogP contribution in [0.1, 0.15) is 142 Å². The Morgan fingerprint density at radius 3 is 1.53 bits per heavy atom. The Labute approximate surface area is 349 Å². The van der Waals surface area contributed by atoms with Gasteiger partial charge in [0, 0.05) is 12.8 Å². The van der Waals surface area contributed by atoms with Gasteiger partial charge in [-0.1, -0.05) is 143 Å². The van der Waals surface area contributed by atoms with Crippen molar-refractivity contribution in [1.82, 2.24) is 5.32 Å². The van der Waals surface area contributed by atoms with E-state index >= 15 is 0 Å². The van der Waals surface area contributed by atoms with E-state index in [9.17, 15) is 34.1 Å². The lowest BCUT2D eigenvalue weighted by Gasteiger charge is -2.18. The molecule has 3 unspecified atom stereocenters. The topological polar surface area (TPSA) is 169 Å². The number of unbranched alkanes of at least 4 members (excludes halogenated alkanes) is 8. The Morgan fingerprint density at radius 2 is 1.02 bits per heavy atom. The summed E-state index contributed by atoms with van der Waals surface area (Å²) in [5.41, 5.74) is 0. The predicted molar refractivity (Wildman–Crippen MR) is 235 cm³/mol. The second-order valence-corrected chi connectivity index (χ2v) is 15.2. The summed E-state index contributed by atoms with van der Waals surface area (Å²) in [7, 11) is -4.79. The van der Waals surface area contributed by atoms with Crippen LogP contribution in [-0.2, 0) is 32.7 Å². The first-order valence-electron chi connectivity index (χ1n) is 21.3. The summed E-state index contributed by atoms with van der Waals surface area (Å²) in [5.74, 6) is -2.52. The quantitative estimate of drug-likeness (QED) is 0.0203. The minimum Gasteiger partial charge on any atom is -0.480 e. The number of carboxylic acids is 1. The van der Waals surface area contributed by atoms with Crippen LogP contribution in [0.4, 0.5) is 0 Å². The average Bonchev–Trinajstić information content (AvgIpc) is 3.20. The molecular weight excluding hydrogens is 757 g/mol. The Balaban J connectivity index is 4.07. The number of aliphatic hydroxyl groups excluding tert-OH is 1. The van der Waals surface area contributed by atoms with Crippen molar-refractivity contribution in [2.75, 3.05) is 19.8 Å². The summed E-state index contributed by atoms with van der Waals surface area (Å²) >= 11 is 0. The molecule has 0 aliphatic heterocycles. The van der Waals surface area contributed by atoms with Gasteiger partial charge in [0.2, 0.25) is 5.91 Å². The van der Waals surface area contributed by atoms with Crippen LogP contribution in [0.5, 0.6) is 0 Å². The van der Waals surface area contributed by atoms with Gasteiger partial charge in [-0.25, -0.2) is 9.36 Å². The molecule has 0 aromatic carbocycles. The maximum absolute atomic E-state index is 12.3. The van der Waals surface area contributed by atoms with Crippen LogP contribution >= 0.6 is 7.82 Å². The van der Waals surface area contributed by atoms with E-state index in [1.165, 1.54) is 19.3 Å². The van der Waals surface area contributed by atoms with Crippen molar-refractivity contribution in [3.63, 3.8) is 0 Å². The van der Waals surface area contributed by atoms with Crippen molar-refractivity contribution in [3.8, 4) is 0 Å². The van der Waals surface area contributed by atoms with Gasteiger partial charge >= 0.3 is 19.8 Å². The van der Waals surface area contributed by atoms with Gasteiger partial charge in [0.1, 0.15) is 12.7 Å². The largest absolute Gasteiger partial charge is 0.480 e. The molecule has 0 aliphatic carbocycles. The highest BCUT2D eigenvalue weighted by Crippen LogP contribution is 2.43. The summed E-state index contributed by atoms with van der Waals surface area (Å²) in [6.45, 7) is 2.36. The second kappa shape index (κ2) is 40.2. The average molecular weight is 832 g/mol. The molecule has 4 N–H and O–H groups in total. The lowest BCUT2D eigenvalue weighted by molar-refractivity contribution is -0.147. The van der Waals surface area contributed by atoms with Gasteiger partial charge in [-0.3, -0.25) is 18.6 Å². The van der Waals surface area contributed by atoms with Gasteiger partial charge in [-0.15, -0.1) is 0 Å². The molecule has 0 rings (SSSR count). The summed E-state index contributed by atoms with van der Waals surface area (Å²) < 4.78 is 26.8. The third kappa shape index (κ3) is 39.2. The van der Waals surface area contributed by atoms with Crippen LogP contribution in [0.3, 0.4) is 0 Å². The van der Waals surface area contributed by atoms with E-state index in [-0.39, 0.29) is 12.8 Å². The zero-order chi connectivity index (χ0) is 42.8. The van der Waals surface area contributed by atoms with Gasteiger partial charge < -0.3 is 25.2 Å². The lowest BCUT2D eigenvalue weighted by atomic mass is 10.1. The first-order chi connectivity index (χ1) is 28.1. The fourth-order valence-electron chi connectivity index (χ4n) is 5.07. The normalized spacial score (nSPS) is 14.7. The number of carbonyl (C=O) groups excluding carboxylic acids is 2. The number of aliphatic hydroxyl groups is 1. The van der Waals surface area contributed by atoms with Crippen molar-refractivity contribution in [2.45, 2.75) is 154 Å². The summed E-state index contributed by atoms with van der Waals surface area (Å²) in [4.78, 5) is 45.8. The minimum atomic E-state index is -4.79. The summed E-state index contributed by atoms with van der Waals surface area (Å²) in [6.07, 6.45) is 50.2. The number of amides is 1. The summed E-state index contributed by atoms with van der Waals surface area (Å²) in [6, 6.07) is -1.60. The zero-order valence-electron chi connectivity index (χ0n) is 35.3.